The van der Waals surface area contributed by atoms with E-state index >= 15 is 0 Å². The molecule has 0 unspecified atom stereocenters. The van der Waals surface area contributed by atoms with Gasteiger partial charge >= 0.3 is 5.97 Å². The fourth-order valence-electron chi connectivity index (χ4n) is 4.07. The Kier molecular flexibility index (Phi) is 5.44. The number of rotatable bonds is 5. The van der Waals surface area contributed by atoms with Gasteiger partial charge in [0, 0.05) is 19.0 Å². The number of fused-ring (bicyclic) bond motifs is 1. The molecule has 28 heavy (non-hydrogen) atoms. The third-order valence-corrected chi connectivity index (χ3v) is 5.77. The zero-order chi connectivity index (χ0) is 19.5. The fraction of sp³-hybridized carbons (Fsp3) is 0.391. The Morgan fingerprint density at radius 3 is 2.64 bits per heavy atom. The van der Waals surface area contributed by atoms with E-state index in [2.05, 4.69) is 59.4 Å². The zero-order valence-electron chi connectivity index (χ0n) is 16.6. The first kappa shape index (κ1) is 18.7. The lowest BCUT2D eigenvalue weighted by molar-refractivity contribution is -0.140. The molecule has 2 heterocycles. The number of hydrogen-bond acceptors (Lipinski definition) is 4. The Labute approximate surface area is 165 Å². The Morgan fingerprint density at radius 1 is 1.18 bits per heavy atom. The molecule has 2 aromatic carbocycles. The van der Waals surface area contributed by atoms with Gasteiger partial charge in [0.25, 0.3) is 0 Å². The number of esters is 1. The molecule has 4 rings (SSSR count). The molecule has 0 radical (unpaired) electrons. The second-order valence-corrected chi connectivity index (χ2v) is 7.54. The van der Waals surface area contributed by atoms with E-state index in [1.54, 1.807) is 0 Å². The Hall–Kier alpha value is -2.66. The summed E-state index contributed by atoms with van der Waals surface area (Å²) < 4.78 is 6.87. The number of nitrogens with zero attached hydrogens (tertiary/aromatic N) is 2. The molecule has 0 aliphatic carbocycles. The van der Waals surface area contributed by atoms with Crippen LogP contribution in [0.3, 0.4) is 0 Å². The second kappa shape index (κ2) is 8.15. The molecule has 5 nitrogen and oxygen atoms in total. The van der Waals surface area contributed by atoms with E-state index in [9.17, 15) is 4.79 Å². The summed E-state index contributed by atoms with van der Waals surface area (Å²) in [5.41, 5.74) is 5.71. The van der Waals surface area contributed by atoms with E-state index in [1.165, 1.54) is 25.5 Å². The molecule has 0 saturated carbocycles. The first-order valence-corrected chi connectivity index (χ1v) is 9.99. The second-order valence-electron chi connectivity index (χ2n) is 7.54. The van der Waals surface area contributed by atoms with Crippen LogP contribution in [0.15, 0.2) is 42.5 Å². The van der Waals surface area contributed by atoms with Gasteiger partial charge in [0.2, 0.25) is 0 Å². The highest BCUT2D eigenvalue weighted by Crippen LogP contribution is 2.29. The predicted molar refractivity (Wildman–Crippen MR) is 111 cm³/mol. The van der Waals surface area contributed by atoms with Crippen molar-refractivity contribution < 1.29 is 9.53 Å². The van der Waals surface area contributed by atoms with E-state index in [1.807, 2.05) is 0 Å². The van der Waals surface area contributed by atoms with E-state index in [0.29, 0.717) is 18.8 Å². The molecule has 0 bridgehead atoms. The molecular weight excluding hydrogens is 350 g/mol. The van der Waals surface area contributed by atoms with Crippen LogP contribution >= 0.6 is 0 Å². The molecule has 0 spiro atoms. The van der Waals surface area contributed by atoms with Crippen molar-refractivity contribution in [2.45, 2.75) is 31.6 Å². The summed E-state index contributed by atoms with van der Waals surface area (Å²) in [5.74, 6) is 1.45. The lowest BCUT2D eigenvalue weighted by atomic mass is 9.90. The van der Waals surface area contributed by atoms with Gasteiger partial charge in [-0.15, -0.1) is 0 Å². The standard InChI is InChI=1S/C23H27N3O2/c1-26-21-9-3-16(4-10-22(27)28-2)15-20(21)25-23(26)19-7-5-17(6-8-19)18-11-13-24-14-12-18/h3,5-9,15,18,24H,4,10-14H2,1-2H3. The van der Waals surface area contributed by atoms with Crippen molar-refractivity contribution in [2.24, 2.45) is 7.05 Å². The molecule has 0 atom stereocenters. The summed E-state index contributed by atoms with van der Waals surface area (Å²) in [6, 6.07) is 15.1. The minimum atomic E-state index is -0.185. The van der Waals surface area contributed by atoms with Crippen molar-refractivity contribution in [3.05, 3.63) is 53.6 Å². The van der Waals surface area contributed by atoms with Gasteiger partial charge in [0.1, 0.15) is 5.82 Å². The maximum absolute atomic E-state index is 11.4. The van der Waals surface area contributed by atoms with Crippen LogP contribution in [0.1, 0.15) is 36.3 Å². The van der Waals surface area contributed by atoms with Crippen LogP contribution in [0.4, 0.5) is 0 Å². The highest BCUT2D eigenvalue weighted by atomic mass is 16.5. The SMILES string of the molecule is COC(=O)CCc1ccc2c(c1)nc(-c1ccc(C3CCNCC3)cc1)n2C. The molecule has 1 aliphatic rings. The van der Waals surface area contributed by atoms with Gasteiger partial charge in [-0.1, -0.05) is 30.3 Å². The number of hydrogen-bond donors (Lipinski definition) is 1. The van der Waals surface area contributed by atoms with Crippen LogP contribution in [0, 0.1) is 0 Å². The molecule has 1 saturated heterocycles. The summed E-state index contributed by atoms with van der Waals surface area (Å²) in [7, 11) is 3.48. The van der Waals surface area contributed by atoms with Gasteiger partial charge in [-0.2, -0.15) is 0 Å². The van der Waals surface area contributed by atoms with Crippen molar-refractivity contribution in [3.63, 3.8) is 0 Å². The predicted octanol–water partition coefficient (Wildman–Crippen LogP) is 3.81. The number of piperidine rings is 1. The number of imidazole rings is 1. The third kappa shape index (κ3) is 3.80. The van der Waals surface area contributed by atoms with Crippen molar-refractivity contribution in [2.75, 3.05) is 20.2 Å². The molecule has 1 N–H and O–H groups in total. The van der Waals surface area contributed by atoms with Crippen LogP contribution in [0.2, 0.25) is 0 Å². The fourth-order valence-corrected chi connectivity index (χ4v) is 4.07. The van der Waals surface area contributed by atoms with Gasteiger partial charge in [-0.05, 0) is 61.5 Å². The number of aryl methyl sites for hydroxylation is 2. The molecular formula is C23H27N3O2. The number of nitrogens with one attached hydrogen (secondary N) is 1. The minimum absolute atomic E-state index is 0.185. The highest BCUT2D eigenvalue weighted by molar-refractivity contribution is 5.81. The van der Waals surface area contributed by atoms with Crippen molar-refractivity contribution in [3.8, 4) is 11.4 Å². The largest absolute Gasteiger partial charge is 0.469 e. The monoisotopic (exact) mass is 377 g/mol. The number of ether oxygens (including phenoxy) is 1. The molecule has 1 aromatic heterocycles. The van der Waals surface area contributed by atoms with Crippen LogP contribution in [-0.2, 0) is 23.0 Å². The Morgan fingerprint density at radius 2 is 1.93 bits per heavy atom. The first-order valence-electron chi connectivity index (χ1n) is 9.99. The zero-order valence-corrected chi connectivity index (χ0v) is 16.6. The number of methoxy groups -OCH3 is 1. The van der Waals surface area contributed by atoms with Crippen molar-refractivity contribution >= 4 is 17.0 Å². The number of carbonyl (C=O) groups excluding carboxylic acids is 1. The maximum Gasteiger partial charge on any atom is 0.305 e. The molecule has 1 aliphatic heterocycles. The topological polar surface area (TPSA) is 56.1 Å². The number of carbonyl (C=O) groups is 1. The summed E-state index contributed by atoms with van der Waals surface area (Å²) in [6.07, 6.45) is 3.47. The summed E-state index contributed by atoms with van der Waals surface area (Å²) in [5, 5.41) is 3.43. The van der Waals surface area contributed by atoms with Crippen molar-refractivity contribution in [1.82, 2.24) is 14.9 Å². The van der Waals surface area contributed by atoms with Gasteiger partial charge in [-0.3, -0.25) is 4.79 Å². The van der Waals surface area contributed by atoms with Crippen LogP contribution < -0.4 is 5.32 Å². The Bertz CT molecular complexity index is 969. The van der Waals surface area contributed by atoms with Crippen LogP contribution in [0.25, 0.3) is 22.4 Å². The quantitative estimate of drug-likeness (QED) is 0.687. The normalized spacial score (nSPS) is 15.1. The van der Waals surface area contributed by atoms with E-state index in [4.69, 9.17) is 9.72 Å². The lowest BCUT2D eigenvalue weighted by Crippen LogP contribution is -2.26. The first-order chi connectivity index (χ1) is 13.7. The molecule has 146 valence electrons. The van der Waals surface area contributed by atoms with E-state index in [-0.39, 0.29) is 5.97 Å². The average Bonchev–Trinajstić information content (AvgIpc) is 3.08. The van der Waals surface area contributed by atoms with Gasteiger partial charge in [0.15, 0.2) is 0 Å². The molecule has 1 fully saturated rings. The van der Waals surface area contributed by atoms with Gasteiger partial charge in [0.05, 0.1) is 18.1 Å². The molecule has 3 aromatic rings. The van der Waals surface area contributed by atoms with Gasteiger partial charge < -0.3 is 14.6 Å². The third-order valence-electron chi connectivity index (χ3n) is 5.77. The number of aromatic nitrogens is 2. The molecule has 5 heteroatoms. The number of benzene rings is 2. The maximum atomic E-state index is 11.4. The van der Waals surface area contributed by atoms with Gasteiger partial charge in [-0.25, -0.2) is 4.98 Å². The van der Waals surface area contributed by atoms with Crippen LogP contribution in [0.5, 0.6) is 0 Å². The summed E-state index contributed by atoms with van der Waals surface area (Å²) >= 11 is 0. The summed E-state index contributed by atoms with van der Waals surface area (Å²) in [6.45, 7) is 2.21. The Balaban J connectivity index is 1.57. The highest BCUT2D eigenvalue weighted by Gasteiger charge is 2.16. The summed E-state index contributed by atoms with van der Waals surface area (Å²) in [4.78, 5) is 16.3. The smallest absolute Gasteiger partial charge is 0.305 e. The average molecular weight is 377 g/mol. The van der Waals surface area contributed by atoms with E-state index < -0.39 is 0 Å². The molecule has 0 amide bonds. The van der Waals surface area contributed by atoms with E-state index in [0.717, 1.165) is 41.1 Å². The van der Waals surface area contributed by atoms with Crippen LogP contribution in [-0.4, -0.2) is 35.7 Å². The lowest BCUT2D eigenvalue weighted by Gasteiger charge is -2.23. The minimum Gasteiger partial charge on any atom is -0.469 e. The van der Waals surface area contributed by atoms with Crippen molar-refractivity contribution in [1.29, 1.82) is 0 Å².